The van der Waals surface area contributed by atoms with E-state index in [9.17, 15) is 8.78 Å². The van der Waals surface area contributed by atoms with Gasteiger partial charge in [-0.2, -0.15) is 0 Å². The quantitative estimate of drug-likeness (QED) is 0.684. The van der Waals surface area contributed by atoms with Gasteiger partial charge in [0.25, 0.3) is 6.43 Å². The maximum absolute atomic E-state index is 12.1. The Balaban J connectivity index is 3.06. The van der Waals surface area contributed by atoms with Crippen molar-refractivity contribution in [2.75, 3.05) is 0 Å². The lowest BCUT2D eigenvalue weighted by Gasteiger charge is -2.01. The summed E-state index contributed by atoms with van der Waals surface area (Å²) in [5, 5.41) is 0.232. The molecular weight excluding hydrogens is 207 g/mol. The van der Waals surface area contributed by atoms with Gasteiger partial charge < -0.3 is 0 Å². The van der Waals surface area contributed by atoms with Crippen molar-refractivity contribution in [1.29, 1.82) is 0 Å². The molecule has 66 valence electrons. The first-order valence-corrected chi connectivity index (χ1v) is 4.05. The summed E-state index contributed by atoms with van der Waals surface area (Å²) >= 11 is 11.0. The van der Waals surface area contributed by atoms with Gasteiger partial charge in [0, 0.05) is 5.02 Å². The lowest BCUT2D eigenvalue weighted by Crippen LogP contribution is -1.94. The van der Waals surface area contributed by atoms with Crippen LogP contribution in [0.3, 0.4) is 0 Å². The number of aromatic nitrogens is 1. The fourth-order valence-corrected chi connectivity index (χ4v) is 1.13. The minimum Gasteiger partial charge on any atom is -0.250 e. The summed E-state index contributed by atoms with van der Waals surface area (Å²) in [4.78, 5) is 3.59. The Labute approximate surface area is 78.3 Å². The highest BCUT2D eigenvalue weighted by Crippen LogP contribution is 2.21. The largest absolute Gasteiger partial charge is 0.280 e. The molecule has 1 aromatic heterocycles. The van der Waals surface area contributed by atoms with Gasteiger partial charge in [0.15, 0.2) is 0 Å². The van der Waals surface area contributed by atoms with Crippen molar-refractivity contribution in [1.82, 2.24) is 4.98 Å². The predicted molar refractivity (Wildman–Crippen MR) is 43.8 cm³/mol. The third-order valence-corrected chi connectivity index (χ3v) is 1.72. The standard InChI is InChI=1S/C7H5Cl2F2N/c8-3-5-1-4(9)2-6(12-5)7(10)11/h1-2,7H,3H2. The molecule has 0 aliphatic carbocycles. The average molecular weight is 212 g/mol. The highest BCUT2D eigenvalue weighted by molar-refractivity contribution is 6.30. The van der Waals surface area contributed by atoms with E-state index in [1.807, 2.05) is 0 Å². The summed E-state index contributed by atoms with van der Waals surface area (Å²) in [5.74, 6) is 0.0836. The summed E-state index contributed by atoms with van der Waals surface area (Å²) in [6.07, 6.45) is -2.61. The topological polar surface area (TPSA) is 12.9 Å². The smallest absolute Gasteiger partial charge is 0.250 e. The van der Waals surface area contributed by atoms with E-state index >= 15 is 0 Å². The fraction of sp³-hybridized carbons (Fsp3) is 0.286. The highest BCUT2D eigenvalue weighted by Gasteiger charge is 2.10. The normalized spacial score (nSPS) is 10.8. The minimum atomic E-state index is -2.61. The van der Waals surface area contributed by atoms with Crippen LogP contribution in [0.2, 0.25) is 5.02 Å². The molecule has 0 aliphatic heterocycles. The first kappa shape index (κ1) is 9.68. The first-order chi connectivity index (χ1) is 5.63. The molecule has 0 N–H and O–H groups in total. The molecule has 0 aromatic carbocycles. The molecule has 0 spiro atoms. The molecular formula is C7H5Cl2F2N. The average Bonchev–Trinajstić information content (AvgIpc) is 2.03. The Bertz CT molecular complexity index is 278. The molecule has 0 radical (unpaired) electrons. The third-order valence-electron chi connectivity index (χ3n) is 1.22. The Morgan fingerprint density at radius 1 is 1.42 bits per heavy atom. The summed E-state index contributed by atoms with van der Waals surface area (Å²) in [7, 11) is 0. The van der Waals surface area contributed by atoms with E-state index < -0.39 is 6.43 Å². The minimum absolute atomic E-state index is 0.0836. The van der Waals surface area contributed by atoms with Gasteiger partial charge in [-0.15, -0.1) is 11.6 Å². The third kappa shape index (κ3) is 2.29. The van der Waals surface area contributed by atoms with Crippen molar-refractivity contribution in [2.24, 2.45) is 0 Å². The molecule has 0 aliphatic rings. The van der Waals surface area contributed by atoms with Crippen LogP contribution in [0, 0.1) is 0 Å². The van der Waals surface area contributed by atoms with Gasteiger partial charge in [-0.05, 0) is 12.1 Å². The number of hydrogen-bond donors (Lipinski definition) is 0. The molecule has 0 saturated heterocycles. The monoisotopic (exact) mass is 211 g/mol. The van der Waals surface area contributed by atoms with Crippen molar-refractivity contribution in [3.05, 3.63) is 28.5 Å². The van der Waals surface area contributed by atoms with Gasteiger partial charge in [-0.1, -0.05) is 11.6 Å². The summed E-state index contributed by atoms with van der Waals surface area (Å²) in [6.45, 7) is 0. The number of halogens is 4. The molecule has 12 heavy (non-hydrogen) atoms. The van der Waals surface area contributed by atoms with Gasteiger partial charge in [0.05, 0.1) is 11.6 Å². The number of pyridine rings is 1. The highest BCUT2D eigenvalue weighted by atomic mass is 35.5. The van der Waals surface area contributed by atoms with Crippen LogP contribution in [0.15, 0.2) is 12.1 Å². The maximum Gasteiger partial charge on any atom is 0.280 e. The lowest BCUT2D eigenvalue weighted by atomic mass is 10.3. The molecule has 0 unspecified atom stereocenters. The van der Waals surface area contributed by atoms with Crippen LogP contribution in [-0.2, 0) is 5.88 Å². The van der Waals surface area contributed by atoms with E-state index in [4.69, 9.17) is 23.2 Å². The number of rotatable bonds is 2. The zero-order valence-corrected chi connectivity index (χ0v) is 7.41. The first-order valence-electron chi connectivity index (χ1n) is 3.14. The Kier molecular flexibility index (Phi) is 3.23. The second-order valence-corrected chi connectivity index (χ2v) is 2.84. The molecule has 1 heterocycles. The number of hydrogen-bond acceptors (Lipinski definition) is 1. The van der Waals surface area contributed by atoms with Crippen molar-refractivity contribution in [3.8, 4) is 0 Å². The van der Waals surface area contributed by atoms with Gasteiger partial charge in [-0.3, -0.25) is 4.98 Å². The predicted octanol–water partition coefficient (Wildman–Crippen LogP) is 3.41. The van der Waals surface area contributed by atoms with E-state index in [0.717, 1.165) is 6.07 Å². The molecule has 1 aromatic rings. The molecule has 0 saturated carbocycles. The summed E-state index contributed by atoms with van der Waals surface area (Å²) in [6, 6.07) is 2.59. The van der Waals surface area contributed by atoms with Crippen LogP contribution in [0.4, 0.5) is 8.78 Å². The van der Waals surface area contributed by atoms with Crippen molar-refractivity contribution in [2.45, 2.75) is 12.3 Å². The van der Waals surface area contributed by atoms with Crippen LogP contribution in [0.25, 0.3) is 0 Å². The van der Waals surface area contributed by atoms with E-state index in [2.05, 4.69) is 4.98 Å². The molecule has 0 atom stereocenters. The summed E-state index contributed by atoms with van der Waals surface area (Å²) < 4.78 is 24.2. The van der Waals surface area contributed by atoms with Gasteiger partial charge in [0.1, 0.15) is 5.69 Å². The van der Waals surface area contributed by atoms with Gasteiger partial charge >= 0.3 is 0 Å². The van der Waals surface area contributed by atoms with Crippen LogP contribution >= 0.6 is 23.2 Å². The number of alkyl halides is 3. The second-order valence-electron chi connectivity index (χ2n) is 2.14. The second kappa shape index (κ2) is 4.01. The SMILES string of the molecule is FC(F)c1cc(Cl)cc(CCl)n1. The van der Waals surface area contributed by atoms with Crippen molar-refractivity contribution < 1.29 is 8.78 Å². The van der Waals surface area contributed by atoms with Crippen molar-refractivity contribution >= 4 is 23.2 Å². The lowest BCUT2D eigenvalue weighted by molar-refractivity contribution is 0.146. The number of nitrogens with zero attached hydrogens (tertiary/aromatic N) is 1. The van der Waals surface area contributed by atoms with Crippen molar-refractivity contribution in [3.63, 3.8) is 0 Å². The molecule has 0 bridgehead atoms. The van der Waals surface area contributed by atoms with E-state index in [1.165, 1.54) is 6.07 Å². The van der Waals surface area contributed by atoms with Gasteiger partial charge in [0.2, 0.25) is 0 Å². The molecule has 0 amide bonds. The van der Waals surface area contributed by atoms with Crippen LogP contribution in [0.1, 0.15) is 17.8 Å². The van der Waals surface area contributed by atoms with E-state index in [-0.39, 0.29) is 16.6 Å². The zero-order valence-electron chi connectivity index (χ0n) is 5.90. The molecule has 0 fully saturated rings. The van der Waals surface area contributed by atoms with Gasteiger partial charge in [-0.25, -0.2) is 8.78 Å². The van der Waals surface area contributed by atoms with Crippen LogP contribution < -0.4 is 0 Å². The fourth-order valence-electron chi connectivity index (χ4n) is 0.753. The van der Waals surface area contributed by atoms with E-state index in [1.54, 1.807) is 0 Å². The maximum atomic E-state index is 12.1. The Morgan fingerprint density at radius 2 is 2.08 bits per heavy atom. The Morgan fingerprint density at radius 3 is 2.58 bits per heavy atom. The molecule has 1 rings (SSSR count). The Hall–Kier alpha value is -0.410. The summed E-state index contributed by atoms with van der Waals surface area (Å²) in [5.41, 5.74) is 0.0256. The van der Waals surface area contributed by atoms with E-state index in [0.29, 0.717) is 5.69 Å². The van der Waals surface area contributed by atoms with Crippen LogP contribution in [0.5, 0.6) is 0 Å². The molecule has 1 nitrogen and oxygen atoms in total. The zero-order chi connectivity index (χ0) is 9.14. The van der Waals surface area contributed by atoms with Crippen LogP contribution in [-0.4, -0.2) is 4.98 Å². The molecule has 5 heteroatoms.